The van der Waals surface area contributed by atoms with Gasteiger partial charge in [0.05, 0.1) is 6.54 Å². The molecule has 1 N–H and O–H groups in total. The van der Waals surface area contributed by atoms with Crippen molar-refractivity contribution in [3.05, 3.63) is 0 Å². The van der Waals surface area contributed by atoms with Crippen molar-refractivity contribution in [3.8, 4) is 0 Å². The molecule has 2 aliphatic rings. The molecule has 0 saturated heterocycles. The summed E-state index contributed by atoms with van der Waals surface area (Å²) in [6.07, 6.45) is 4.92. The Kier molecular flexibility index (Phi) is 2.78. The molecule has 3 atom stereocenters. The van der Waals surface area contributed by atoms with Gasteiger partial charge in [-0.25, -0.2) is 8.78 Å². The van der Waals surface area contributed by atoms with E-state index in [1.54, 1.807) is 6.92 Å². The average molecular weight is 203 g/mol. The minimum absolute atomic E-state index is 0.0547. The molecule has 14 heavy (non-hydrogen) atoms. The maximum atomic E-state index is 13.0. The molecule has 2 aliphatic carbocycles. The third kappa shape index (κ3) is 2.08. The van der Waals surface area contributed by atoms with Crippen molar-refractivity contribution in [2.24, 2.45) is 11.8 Å². The zero-order valence-electron chi connectivity index (χ0n) is 8.73. The van der Waals surface area contributed by atoms with E-state index < -0.39 is 5.92 Å². The molecule has 0 aliphatic heterocycles. The third-order valence-electron chi connectivity index (χ3n) is 3.88. The minimum Gasteiger partial charge on any atom is -0.308 e. The summed E-state index contributed by atoms with van der Waals surface area (Å²) in [6.45, 7) is 1.42. The van der Waals surface area contributed by atoms with Crippen LogP contribution in [-0.4, -0.2) is 18.5 Å². The fraction of sp³-hybridized carbons (Fsp3) is 1.00. The van der Waals surface area contributed by atoms with Gasteiger partial charge >= 0.3 is 0 Å². The second-order valence-corrected chi connectivity index (χ2v) is 4.87. The number of hydrogen-bond donors (Lipinski definition) is 1. The van der Waals surface area contributed by atoms with E-state index in [1.165, 1.54) is 19.3 Å². The summed E-state index contributed by atoms with van der Waals surface area (Å²) in [5.41, 5.74) is 0. The van der Waals surface area contributed by atoms with Gasteiger partial charge in [-0.05, 0) is 31.1 Å². The molecule has 2 rings (SSSR count). The van der Waals surface area contributed by atoms with Crippen molar-refractivity contribution in [3.63, 3.8) is 0 Å². The lowest BCUT2D eigenvalue weighted by Crippen LogP contribution is -2.41. The Morgan fingerprint density at radius 2 is 2.07 bits per heavy atom. The Hall–Kier alpha value is -0.180. The lowest BCUT2D eigenvalue weighted by atomic mass is 9.95. The van der Waals surface area contributed by atoms with Gasteiger partial charge in [0.25, 0.3) is 5.92 Å². The molecule has 3 unspecified atom stereocenters. The van der Waals surface area contributed by atoms with E-state index in [0.717, 1.165) is 12.3 Å². The smallest absolute Gasteiger partial charge is 0.260 e. The Bertz CT molecular complexity index is 205. The lowest BCUT2D eigenvalue weighted by molar-refractivity contribution is -0.00565. The summed E-state index contributed by atoms with van der Waals surface area (Å²) in [7, 11) is 0. The zero-order valence-corrected chi connectivity index (χ0v) is 8.73. The van der Waals surface area contributed by atoms with Gasteiger partial charge in [-0.3, -0.25) is 0 Å². The van der Waals surface area contributed by atoms with Gasteiger partial charge in [0.1, 0.15) is 0 Å². The standard InChI is InChI=1S/C11H19F2N/c1-2-11(12,13)7-14-10-6-8-3-4-9(10)5-8/h8-10,14H,2-7H2,1H3. The highest BCUT2D eigenvalue weighted by Crippen LogP contribution is 2.44. The number of halogens is 2. The van der Waals surface area contributed by atoms with Crippen molar-refractivity contribution < 1.29 is 8.78 Å². The molecule has 0 aromatic rings. The molecule has 0 heterocycles. The highest BCUT2D eigenvalue weighted by atomic mass is 19.3. The van der Waals surface area contributed by atoms with Crippen LogP contribution < -0.4 is 5.32 Å². The van der Waals surface area contributed by atoms with Gasteiger partial charge in [0.15, 0.2) is 0 Å². The Labute approximate surface area is 84.3 Å². The van der Waals surface area contributed by atoms with Gasteiger partial charge < -0.3 is 5.32 Å². The van der Waals surface area contributed by atoms with E-state index in [4.69, 9.17) is 0 Å². The number of hydrogen-bond acceptors (Lipinski definition) is 1. The normalized spacial score (nSPS) is 36.6. The second-order valence-electron chi connectivity index (χ2n) is 4.87. The first-order chi connectivity index (χ1) is 6.61. The third-order valence-corrected chi connectivity index (χ3v) is 3.88. The van der Waals surface area contributed by atoms with Gasteiger partial charge in [0.2, 0.25) is 0 Å². The summed E-state index contributed by atoms with van der Waals surface area (Å²) in [5.74, 6) is -0.998. The first-order valence-electron chi connectivity index (χ1n) is 5.72. The Balaban J connectivity index is 1.77. The van der Waals surface area contributed by atoms with Crippen molar-refractivity contribution >= 4 is 0 Å². The topological polar surface area (TPSA) is 12.0 Å². The first kappa shape index (κ1) is 10.3. The fourth-order valence-electron chi connectivity index (χ4n) is 2.90. The quantitative estimate of drug-likeness (QED) is 0.740. The predicted molar refractivity (Wildman–Crippen MR) is 52.5 cm³/mol. The summed E-state index contributed by atoms with van der Waals surface area (Å²) >= 11 is 0. The molecular formula is C11H19F2N. The van der Waals surface area contributed by atoms with Crippen molar-refractivity contribution in [2.45, 2.75) is 51.0 Å². The molecule has 2 bridgehead atoms. The van der Waals surface area contributed by atoms with Crippen LogP contribution in [0.25, 0.3) is 0 Å². The van der Waals surface area contributed by atoms with Gasteiger partial charge in [-0.15, -0.1) is 0 Å². The van der Waals surface area contributed by atoms with Gasteiger partial charge in [-0.2, -0.15) is 0 Å². The van der Waals surface area contributed by atoms with Crippen LogP contribution in [0.2, 0.25) is 0 Å². The molecule has 0 aromatic heterocycles. The number of rotatable bonds is 4. The molecule has 82 valence electrons. The highest BCUT2D eigenvalue weighted by Gasteiger charge is 2.40. The summed E-state index contributed by atoms with van der Waals surface area (Å²) in [5, 5.41) is 3.05. The maximum Gasteiger partial charge on any atom is 0.260 e. The minimum atomic E-state index is -2.51. The molecule has 3 heteroatoms. The molecule has 2 fully saturated rings. The fourth-order valence-corrected chi connectivity index (χ4v) is 2.90. The van der Waals surface area contributed by atoms with Crippen LogP contribution in [0, 0.1) is 11.8 Å². The Morgan fingerprint density at radius 1 is 1.29 bits per heavy atom. The van der Waals surface area contributed by atoms with Crippen LogP contribution in [0.15, 0.2) is 0 Å². The van der Waals surface area contributed by atoms with Crippen LogP contribution in [0.3, 0.4) is 0 Å². The van der Waals surface area contributed by atoms with E-state index in [9.17, 15) is 8.78 Å². The highest BCUT2D eigenvalue weighted by molar-refractivity contribution is 4.94. The van der Waals surface area contributed by atoms with Crippen LogP contribution in [0.5, 0.6) is 0 Å². The van der Waals surface area contributed by atoms with Crippen molar-refractivity contribution in [1.82, 2.24) is 5.32 Å². The van der Waals surface area contributed by atoms with Gasteiger partial charge in [0, 0.05) is 12.5 Å². The van der Waals surface area contributed by atoms with E-state index in [2.05, 4.69) is 5.32 Å². The predicted octanol–water partition coefficient (Wildman–Crippen LogP) is 2.81. The molecular weight excluding hydrogens is 184 g/mol. The summed E-state index contributed by atoms with van der Waals surface area (Å²) in [6, 6.07) is 0.381. The monoisotopic (exact) mass is 203 g/mol. The largest absolute Gasteiger partial charge is 0.308 e. The van der Waals surface area contributed by atoms with Crippen molar-refractivity contribution in [1.29, 1.82) is 0 Å². The number of fused-ring (bicyclic) bond motifs is 2. The first-order valence-corrected chi connectivity index (χ1v) is 5.72. The molecule has 1 nitrogen and oxygen atoms in total. The maximum absolute atomic E-state index is 13.0. The van der Waals surface area contributed by atoms with E-state index >= 15 is 0 Å². The molecule has 0 radical (unpaired) electrons. The molecule has 2 saturated carbocycles. The lowest BCUT2D eigenvalue weighted by Gasteiger charge is -2.25. The molecule has 0 spiro atoms. The SMILES string of the molecule is CCC(F)(F)CNC1CC2CCC1C2. The summed E-state index contributed by atoms with van der Waals surface area (Å²) < 4.78 is 26.0. The summed E-state index contributed by atoms with van der Waals surface area (Å²) in [4.78, 5) is 0. The van der Waals surface area contributed by atoms with Gasteiger partial charge in [-0.1, -0.05) is 13.3 Å². The van der Waals surface area contributed by atoms with Crippen molar-refractivity contribution in [2.75, 3.05) is 6.54 Å². The zero-order chi connectivity index (χ0) is 10.2. The number of alkyl halides is 2. The van der Waals surface area contributed by atoms with E-state index in [0.29, 0.717) is 12.0 Å². The van der Waals surface area contributed by atoms with E-state index in [1.807, 2.05) is 0 Å². The molecule has 0 amide bonds. The van der Waals surface area contributed by atoms with Crippen LogP contribution in [-0.2, 0) is 0 Å². The number of nitrogens with one attached hydrogen (secondary N) is 1. The second kappa shape index (κ2) is 3.76. The Morgan fingerprint density at radius 3 is 2.57 bits per heavy atom. The van der Waals surface area contributed by atoms with E-state index in [-0.39, 0.29) is 13.0 Å². The van der Waals surface area contributed by atoms with Crippen LogP contribution in [0.1, 0.15) is 39.0 Å². The molecule has 0 aromatic carbocycles. The van der Waals surface area contributed by atoms with Crippen LogP contribution >= 0.6 is 0 Å². The van der Waals surface area contributed by atoms with Crippen LogP contribution in [0.4, 0.5) is 8.78 Å². The average Bonchev–Trinajstić information content (AvgIpc) is 2.76.